The van der Waals surface area contributed by atoms with Crippen LogP contribution in [0.5, 0.6) is 0 Å². The molecule has 6 nitrogen and oxygen atoms in total. The first-order chi connectivity index (χ1) is 13.2. The van der Waals surface area contributed by atoms with E-state index in [-0.39, 0.29) is 17.6 Å². The Morgan fingerprint density at radius 3 is 3.00 bits per heavy atom. The maximum Gasteiger partial charge on any atom is 0.341 e. The Kier molecular flexibility index (Phi) is 5.18. The second kappa shape index (κ2) is 7.74. The van der Waals surface area contributed by atoms with Crippen molar-refractivity contribution in [1.29, 1.82) is 0 Å². The largest absolute Gasteiger partial charge is 0.462 e. The maximum absolute atomic E-state index is 12.4. The zero-order chi connectivity index (χ0) is 18.8. The number of rotatable bonds is 6. The number of amides is 1. The third kappa shape index (κ3) is 3.72. The van der Waals surface area contributed by atoms with Crippen molar-refractivity contribution in [3.8, 4) is 0 Å². The molecule has 27 heavy (non-hydrogen) atoms. The number of fused-ring (bicyclic) bond motifs is 2. The highest BCUT2D eigenvalue weighted by Crippen LogP contribution is 2.39. The summed E-state index contributed by atoms with van der Waals surface area (Å²) < 4.78 is 10.8. The van der Waals surface area contributed by atoms with Gasteiger partial charge in [-0.3, -0.25) is 4.79 Å². The van der Waals surface area contributed by atoms with Crippen LogP contribution in [-0.4, -0.2) is 29.2 Å². The average Bonchev–Trinajstić information content (AvgIpc) is 3.33. The number of para-hydroxylation sites is 2. The van der Waals surface area contributed by atoms with E-state index in [1.165, 1.54) is 28.0 Å². The van der Waals surface area contributed by atoms with Crippen LogP contribution < -0.4 is 5.32 Å². The predicted molar refractivity (Wildman–Crippen MR) is 106 cm³/mol. The fraction of sp³-hybridized carbons (Fsp3) is 0.316. The van der Waals surface area contributed by atoms with E-state index in [4.69, 9.17) is 9.15 Å². The average molecular weight is 402 g/mol. The number of thiophene rings is 1. The number of benzene rings is 1. The molecule has 8 heteroatoms. The lowest BCUT2D eigenvalue weighted by Crippen LogP contribution is -2.16. The molecule has 4 rings (SSSR count). The number of anilines is 1. The lowest BCUT2D eigenvalue weighted by molar-refractivity contribution is -0.113. The Labute approximate surface area is 164 Å². The van der Waals surface area contributed by atoms with Crippen LogP contribution in [0.4, 0.5) is 5.00 Å². The summed E-state index contributed by atoms with van der Waals surface area (Å²) in [6, 6.07) is 7.47. The Bertz CT molecular complexity index is 975. The van der Waals surface area contributed by atoms with Gasteiger partial charge < -0.3 is 14.5 Å². The third-order valence-corrected chi connectivity index (χ3v) is 6.29. The summed E-state index contributed by atoms with van der Waals surface area (Å²) in [7, 11) is 0. The molecule has 2 heterocycles. The van der Waals surface area contributed by atoms with E-state index in [0.29, 0.717) is 28.0 Å². The molecule has 0 spiro atoms. The fourth-order valence-corrected chi connectivity index (χ4v) is 5.05. The van der Waals surface area contributed by atoms with Crippen molar-refractivity contribution in [2.24, 2.45) is 0 Å². The molecule has 0 aliphatic heterocycles. The molecule has 0 atom stereocenters. The molecule has 2 aromatic heterocycles. The molecule has 1 aliphatic rings. The fourth-order valence-electron chi connectivity index (χ4n) is 3.11. The standard InChI is InChI=1S/C19H18N2O4S2/c1-2-24-18(23)16-11-6-5-9-14(11)27-17(16)21-15(22)10-26-19-20-12-7-3-4-8-13(12)25-19/h3-4,7-8H,2,5-6,9-10H2,1H3,(H,21,22). The highest BCUT2D eigenvalue weighted by Gasteiger charge is 2.28. The normalized spacial score (nSPS) is 12.9. The molecule has 3 aromatic rings. The van der Waals surface area contributed by atoms with Gasteiger partial charge in [0.05, 0.1) is 17.9 Å². The van der Waals surface area contributed by atoms with Crippen LogP contribution in [0.2, 0.25) is 0 Å². The van der Waals surface area contributed by atoms with Gasteiger partial charge in [0.25, 0.3) is 5.22 Å². The quantitative estimate of drug-likeness (QED) is 0.489. The van der Waals surface area contributed by atoms with Gasteiger partial charge in [-0.2, -0.15) is 0 Å². The monoisotopic (exact) mass is 402 g/mol. The Morgan fingerprint density at radius 1 is 1.33 bits per heavy atom. The van der Waals surface area contributed by atoms with E-state index in [0.717, 1.165) is 30.3 Å². The Morgan fingerprint density at radius 2 is 2.19 bits per heavy atom. The molecule has 1 amide bonds. The second-order valence-corrected chi connectivity index (χ2v) is 8.10. The molecule has 0 saturated carbocycles. The Hall–Kier alpha value is -2.32. The van der Waals surface area contributed by atoms with E-state index in [1.54, 1.807) is 6.92 Å². The number of aromatic nitrogens is 1. The van der Waals surface area contributed by atoms with Crippen LogP contribution in [0.3, 0.4) is 0 Å². The summed E-state index contributed by atoms with van der Waals surface area (Å²) in [4.78, 5) is 30.3. The first-order valence-corrected chi connectivity index (χ1v) is 10.6. The first-order valence-electron chi connectivity index (χ1n) is 8.75. The molecular formula is C19H18N2O4S2. The molecule has 0 bridgehead atoms. The van der Waals surface area contributed by atoms with Crippen molar-refractivity contribution in [2.75, 3.05) is 17.7 Å². The smallest absolute Gasteiger partial charge is 0.341 e. The Balaban J connectivity index is 1.45. The van der Waals surface area contributed by atoms with Crippen molar-refractivity contribution in [1.82, 2.24) is 4.98 Å². The number of ether oxygens (including phenoxy) is 1. The lowest BCUT2D eigenvalue weighted by Gasteiger charge is -2.07. The van der Waals surface area contributed by atoms with E-state index in [1.807, 2.05) is 24.3 Å². The number of hydrogen-bond donors (Lipinski definition) is 1. The van der Waals surface area contributed by atoms with Gasteiger partial charge in [-0.25, -0.2) is 9.78 Å². The van der Waals surface area contributed by atoms with Gasteiger partial charge in [-0.1, -0.05) is 23.9 Å². The number of thioether (sulfide) groups is 1. The minimum atomic E-state index is -0.362. The number of esters is 1. The third-order valence-electron chi connectivity index (χ3n) is 4.25. The molecule has 0 radical (unpaired) electrons. The van der Waals surface area contributed by atoms with Crippen molar-refractivity contribution >= 4 is 51.1 Å². The van der Waals surface area contributed by atoms with Crippen LogP contribution in [0, 0.1) is 0 Å². The van der Waals surface area contributed by atoms with Gasteiger partial charge in [0, 0.05) is 4.88 Å². The van der Waals surface area contributed by atoms with Gasteiger partial charge in [0.15, 0.2) is 5.58 Å². The SMILES string of the molecule is CCOC(=O)c1c(NC(=O)CSc2nc3ccccc3o2)sc2c1CCC2. The van der Waals surface area contributed by atoms with Crippen LogP contribution in [0.1, 0.15) is 34.1 Å². The molecule has 0 saturated heterocycles. The molecular weight excluding hydrogens is 384 g/mol. The van der Waals surface area contributed by atoms with E-state index < -0.39 is 0 Å². The van der Waals surface area contributed by atoms with Gasteiger partial charge in [-0.15, -0.1) is 11.3 Å². The highest BCUT2D eigenvalue weighted by molar-refractivity contribution is 7.99. The molecule has 0 fully saturated rings. The topological polar surface area (TPSA) is 81.4 Å². The number of carbonyl (C=O) groups excluding carboxylic acids is 2. The van der Waals surface area contributed by atoms with Crippen molar-refractivity contribution in [2.45, 2.75) is 31.4 Å². The minimum Gasteiger partial charge on any atom is -0.462 e. The number of oxazole rings is 1. The van der Waals surface area contributed by atoms with Crippen LogP contribution in [-0.2, 0) is 22.4 Å². The van der Waals surface area contributed by atoms with E-state index >= 15 is 0 Å². The van der Waals surface area contributed by atoms with Crippen LogP contribution in [0.15, 0.2) is 33.9 Å². The second-order valence-electron chi connectivity index (χ2n) is 6.07. The summed E-state index contributed by atoms with van der Waals surface area (Å²) in [5.41, 5.74) is 3.01. The zero-order valence-corrected chi connectivity index (χ0v) is 16.4. The predicted octanol–water partition coefficient (Wildman–Crippen LogP) is 4.29. The summed E-state index contributed by atoms with van der Waals surface area (Å²) in [5.74, 6) is -0.413. The van der Waals surface area contributed by atoms with Gasteiger partial charge in [0.1, 0.15) is 10.5 Å². The van der Waals surface area contributed by atoms with Gasteiger partial charge in [-0.05, 0) is 43.9 Å². The van der Waals surface area contributed by atoms with E-state index in [2.05, 4.69) is 10.3 Å². The van der Waals surface area contributed by atoms with Crippen molar-refractivity contribution in [3.63, 3.8) is 0 Å². The van der Waals surface area contributed by atoms with Crippen molar-refractivity contribution < 1.29 is 18.7 Å². The molecule has 1 aromatic carbocycles. The van der Waals surface area contributed by atoms with Gasteiger partial charge >= 0.3 is 5.97 Å². The lowest BCUT2D eigenvalue weighted by atomic mass is 10.1. The summed E-state index contributed by atoms with van der Waals surface area (Å²) in [5, 5.41) is 3.91. The molecule has 0 unspecified atom stereocenters. The number of nitrogens with zero attached hydrogens (tertiary/aromatic N) is 1. The zero-order valence-electron chi connectivity index (χ0n) is 14.7. The summed E-state index contributed by atoms with van der Waals surface area (Å²) in [6.07, 6.45) is 2.84. The number of nitrogens with one attached hydrogen (secondary N) is 1. The van der Waals surface area contributed by atoms with Crippen LogP contribution in [0.25, 0.3) is 11.1 Å². The highest BCUT2D eigenvalue weighted by atomic mass is 32.2. The number of hydrogen-bond acceptors (Lipinski definition) is 7. The first kappa shape index (κ1) is 18.1. The van der Waals surface area contributed by atoms with Crippen molar-refractivity contribution in [3.05, 3.63) is 40.3 Å². The maximum atomic E-state index is 12.4. The number of carbonyl (C=O) groups is 2. The summed E-state index contributed by atoms with van der Waals surface area (Å²) in [6.45, 7) is 2.09. The van der Waals surface area contributed by atoms with E-state index in [9.17, 15) is 9.59 Å². The molecule has 1 N–H and O–H groups in total. The van der Waals surface area contributed by atoms with Crippen LogP contribution >= 0.6 is 23.1 Å². The molecule has 140 valence electrons. The molecule has 1 aliphatic carbocycles. The van der Waals surface area contributed by atoms with Gasteiger partial charge in [0.2, 0.25) is 5.91 Å². The number of aryl methyl sites for hydroxylation is 1. The minimum absolute atomic E-state index is 0.150. The summed E-state index contributed by atoms with van der Waals surface area (Å²) >= 11 is 2.70.